The number of pyridine rings is 1. The average Bonchev–Trinajstić information content (AvgIpc) is 2.90. The van der Waals surface area contributed by atoms with E-state index >= 15 is 0 Å². The van der Waals surface area contributed by atoms with Crippen molar-refractivity contribution in [2.75, 3.05) is 5.32 Å². The molecular formula is C14H12N4O3. The fraction of sp³-hybridized carbons (Fsp3) is 0.143. The van der Waals surface area contributed by atoms with Crippen LogP contribution < -0.4 is 5.32 Å². The normalized spacial score (nSPS) is 10.7. The Morgan fingerprint density at radius 1 is 1.33 bits per heavy atom. The molecule has 1 aromatic carbocycles. The first kappa shape index (κ1) is 13.0. The summed E-state index contributed by atoms with van der Waals surface area (Å²) in [5.41, 5.74) is 0.745. The first-order chi connectivity index (χ1) is 10.1. The van der Waals surface area contributed by atoms with E-state index in [1.807, 2.05) is 6.92 Å². The van der Waals surface area contributed by atoms with Gasteiger partial charge in [-0.05, 0) is 25.1 Å². The van der Waals surface area contributed by atoms with Crippen LogP contribution in [0.25, 0.3) is 10.9 Å². The van der Waals surface area contributed by atoms with Crippen molar-refractivity contribution in [1.82, 2.24) is 9.97 Å². The highest BCUT2D eigenvalue weighted by atomic mass is 16.6. The molecule has 0 fully saturated rings. The summed E-state index contributed by atoms with van der Waals surface area (Å²) in [5, 5.41) is 14.6. The molecule has 0 saturated carbocycles. The maximum Gasteiger partial charge on any atom is 0.270 e. The number of oxazole rings is 1. The maximum absolute atomic E-state index is 10.7. The molecular weight excluding hydrogens is 272 g/mol. The molecule has 3 rings (SSSR count). The Kier molecular flexibility index (Phi) is 3.23. The van der Waals surface area contributed by atoms with Gasteiger partial charge in [0.1, 0.15) is 11.6 Å². The van der Waals surface area contributed by atoms with Gasteiger partial charge < -0.3 is 9.73 Å². The zero-order chi connectivity index (χ0) is 14.8. The van der Waals surface area contributed by atoms with E-state index in [2.05, 4.69) is 15.3 Å². The number of aryl methyl sites for hydroxylation is 1. The van der Waals surface area contributed by atoms with Crippen LogP contribution in [0.4, 0.5) is 11.5 Å². The lowest BCUT2D eigenvalue weighted by Gasteiger charge is -2.04. The summed E-state index contributed by atoms with van der Waals surface area (Å²) >= 11 is 0. The molecule has 0 aliphatic rings. The van der Waals surface area contributed by atoms with E-state index in [1.165, 1.54) is 12.1 Å². The number of rotatable bonds is 4. The van der Waals surface area contributed by atoms with Gasteiger partial charge in [-0.25, -0.2) is 9.97 Å². The highest BCUT2D eigenvalue weighted by Gasteiger charge is 2.07. The third-order valence-corrected chi connectivity index (χ3v) is 2.97. The summed E-state index contributed by atoms with van der Waals surface area (Å²) in [6, 6.07) is 8.13. The number of hydrogen-bond acceptors (Lipinski definition) is 6. The molecule has 3 aromatic rings. The Bertz CT molecular complexity index is 813. The van der Waals surface area contributed by atoms with Gasteiger partial charge in [0, 0.05) is 17.5 Å². The molecule has 2 aromatic heterocycles. The summed E-state index contributed by atoms with van der Waals surface area (Å²) in [4.78, 5) is 18.8. The second kappa shape index (κ2) is 5.20. The van der Waals surface area contributed by atoms with Crippen molar-refractivity contribution in [2.24, 2.45) is 0 Å². The number of hydrogen-bond donors (Lipinski definition) is 1. The van der Waals surface area contributed by atoms with Crippen LogP contribution in [0.3, 0.4) is 0 Å². The van der Waals surface area contributed by atoms with Crippen molar-refractivity contribution in [3.05, 3.63) is 58.3 Å². The number of anilines is 1. The van der Waals surface area contributed by atoms with E-state index in [-0.39, 0.29) is 5.69 Å². The van der Waals surface area contributed by atoms with E-state index in [0.29, 0.717) is 23.8 Å². The number of nitro groups is 1. The van der Waals surface area contributed by atoms with Gasteiger partial charge in [-0.3, -0.25) is 10.1 Å². The maximum atomic E-state index is 10.7. The molecule has 0 aliphatic carbocycles. The second-order valence-electron chi connectivity index (χ2n) is 4.55. The third-order valence-electron chi connectivity index (χ3n) is 2.97. The first-order valence-electron chi connectivity index (χ1n) is 6.32. The quantitative estimate of drug-likeness (QED) is 0.584. The summed E-state index contributed by atoms with van der Waals surface area (Å²) in [6.45, 7) is 2.26. The second-order valence-corrected chi connectivity index (χ2v) is 4.55. The minimum atomic E-state index is -0.420. The molecule has 0 bridgehead atoms. The summed E-state index contributed by atoms with van der Waals surface area (Å²) in [7, 11) is 0. The van der Waals surface area contributed by atoms with Gasteiger partial charge in [0.15, 0.2) is 0 Å². The van der Waals surface area contributed by atoms with Crippen LogP contribution in [0.5, 0.6) is 0 Å². The lowest BCUT2D eigenvalue weighted by molar-refractivity contribution is -0.384. The van der Waals surface area contributed by atoms with Gasteiger partial charge in [-0.2, -0.15) is 0 Å². The van der Waals surface area contributed by atoms with E-state index < -0.39 is 4.92 Å². The number of non-ortho nitro benzene ring substituents is 1. The highest BCUT2D eigenvalue weighted by Crippen LogP contribution is 2.21. The highest BCUT2D eigenvalue weighted by molar-refractivity contribution is 5.82. The Hall–Kier alpha value is -2.96. The lowest BCUT2D eigenvalue weighted by Crippen LogP contribution is -2.01. The largest absolute Gasteiger partial charge is 0.444 e. The Morgan fingerprint density at radius 2 is 2.19 bits per heavy atom. The van der Waals surface area contributed by atoms with Crippen molar-refractivity contribution in [3.63, 3.8) is 0 Å². The Morgan fingerprint density at radius 3 is 2.90 bits per heavy atom. The van der Waals surface area contributed by atoms with Crippen molar-refractivity contribution >= 4 is 22.4 Å². The fourth-order valence-corrected chi connectivity index (χ4v) is 1.97. The van der Waals surface area contributed by atoms with Crippen molar-refractivity contribution in [1.29, 1.82) is 0 Å². The smallest absolute Gasteiger partial charge is 0.270 e. The Labute approximate surface area is 119 Å². The van der Waals surface area contributed by atoms with Gasteiger partial charge in [0.25, 0.3) is 5.69 Å². The molecule has 0 aliphatic heterocycles. The minimum Gasteiger partial charge on any atom is -0.444 e. The van der Waals surface area contributed by atoms with Crippen LogP contribution in [0, 0.1) is 17.0 Å². The van der Waals surface area contributed by atoms with E-state index in [9.17, 15) is 10.1 Å². The molecule has 21 heavy (non-hydrogen) atoms. The van der Waals surface area contributed by atoms with Crippen LogP contribution in [-0.4, -0.2) is 14.9 Å². The number of nitrogens with one attached hydrogen (secondary N) is 1. The van der Waals surface area contributed by atoms with Gasteiger partial charge in [-0.1, -0.05) is 0 Å². The molecule has 2 heterocycles. The average molecular weight is 284 g/mol. The number of nitro benzene ring substituents is 1. The van der Waals surface area contributed by atoms with Gasteiger partial charge in [0.2, 0.25) is 5.89 Å². The monoisotopic (exact) mass is 284 g/mol. The number of benzene rings is 1. The van der Waals surface area contributed by atoms with Crippen LogP contribution in [0.15, 0.2) is 40.9 Å². The van der Waals surface area contributed by atoms with Gasteiger partial charge >= 0.3 is 0 Å². The zero-order valence-corrected chi connectivity index (χ0v) is 11.2. The van der Waals surface area contributed by atoms with E-state index in [4.69, 9.17) is 4.42 Å². The summed E-state index contributed by atoms with van der Waals surface area (Å²) < 4.78 is 5.36. The number of aromatic nitrogens is 2. The molecule has 0 saturated heterocycles. The topological polar surface area (TPSA) is 94.1 Å². The molecule has 7 heteroatoms. The van der Waals surface area contributed by atoms with Gasteiger partial charge in [-0.15, -0.1) is 0 Å². The van der Waals surface area contributed by atoms with Crippen molar-refractivity contribution in [2.45, 2.75) is 13.5 Å². The van der Waals surface area contributed by atoms with Crippen LogP contribution in [-0.2, 0) is 6.54 Å². The first-order valence-corrected chi connectivity index (χ1v) is 6.32. The molecule has 7 nitrogen and oxygen atoms in total. The summed E-state index contributed by atoms with van der Waals surface area (Å²) in [6.07, 6.45) is 1.66. The van der Waals surface area contributed by atoms with E-state index in [1.54, 1.807) is 24.4 Å². The SMILES string of the molecule is Cc1cnc(CNc2ccc3cc([N+](=O)[O-])ccc3n2)o1. The third kappa shape index (κ3) is 2.81. The standard InChI is InChI=1S/C14H12N4O3/c1-9-7-16-14(21-9)8-15-13-5-2-10-6-11(18(19)20)3-4-12(10)17-13/h2-7H,8H2,1H3,(H,15,17). The molecule has 0 spiro atoms. The predicted molar refractivity (Wildman–Crippen MR) is 77.0 cm³/mol. The van der Waals surface area contributed by atoms with Gasteiger partial charge in [0.05, 0.1) is 23.2 Å². The number of nitrogens with zero attached hydrogens (tertiary/aromatic N) is 3. The molecule has 0 radical (unpaired) electrons. The van der Waals surface area contributed by atoms with Crippen LogP contribution in [0.2, 0.25) is 0 Å². The van der Waals surface area contributed by atoms with Crippen LogP contribution in [0.1, 0.15) is 11.7 Å². The fourth-order valence-electron chi connectivity index (χ4n) is 1.97. The van der Waals surface area contributed by atoms with E-state index in [0.717, 1.165) is 11.1 Å². The van der Waals surface area contributed by atoms with Crippen molar-refractivity contribution < 1.29 is 9.34 Å². The molecule has 106 valence electrons. The lowest BCUT2D eigenvalue weighted by atomic mass is 10.2. The Balaban J connectivity index is 1.80. The molecule has 1 N–H and O–H groups in total. The number of fused-ring (bicyclic) bond motifs is 1. The predicted octanol–water partition coefficient (Wildman–Crippen LogP) is 3.05. The molecule has 0 atom stereocenters. The minimum absolute atomic E-state index is 0.0558. The zero-order valence-electron chi connectivity index (χ0n) is 11.2. The van der Waals surface area contributed by atoms with Crippen molar-refractivity contribution in [3.8, 4) is 0 Å². The molecule has 0 amide bonds. The van der Waals surface area contributed by atoms with Crippen LogP contribution >= 0.6 is 0 Å². The summed E-state index contributed by atoms with van der Waals surface area (Å²) in [5.74, 6) is 2.00. The molecule has 0 unspecified atom stereocenters.